The van der Waals surface area contributed by atoms with Gasteiger partial charge in [-0.25, -0.2) is 0 Å². The molecule has 1 unspecified atom stereocenters. The van der Waals surface area contributed by atoms with Gasteiger partial charge in [-0.1, -0.05) is 18.2 Å². The fourth-order valence-corrected chi connectivity index (χ4v) is 2.39. The third-order valence-corrected chi connectivity index (χ3v) is 3.31. The number of para-hydroxylation sites is 1. The topological polar surface area (TPSA) is 24.5 Å². The summed E-state index contributed by atoms with van der Waals surface area (Å²) in [6, 6.07) is 10.7. The molecule has 3 nitrogen and oxygen atoms in total. The molecule has 0 radical (unpaired) electrons. The Balaban J connectivity index is 1.63. The number of benzene rings is 1. The maximum absolute atomic E-state index is 5.71. The highest BCUT2D eigenvalue weighted by atomic mass is 16.5. The Morgan fingerprint density at radius 3 is 3.00 bits per heavy atom. The maximum atomic E-state index is 5.71. The van der Waals surface area contributed by atoms with Crippen molar-refractivity contribution < 1.29 is 4.74 Å². The van der Waals surface area contributed by atoms with Gasteiger partial charge in [-0.05, 0) is 45.0 Å². The molecule has 0 aromatic heterocycles. The van der Waals surface area contributed by atoms with E-state index < -0.39 is 0 Å². The molecule has 100 valence electrons. The molecule has 0 spiro atoms. The van der Waals surface area contributed by atoms with Crippen LogP contribution in [-0.2, 0) is 0 Å². The lowest BCUT2D eigenvalue weighted by molar-refractivity contribution is 0.233. The second-order valence-electron chi connectivity index (χ2n) is 5.02. The van der Waals surface area contributed by atoms with Gasteiger partial charge in [0.1, 0.15) is 5.75 Å². The van der Waals surface area contributed by atoms with Crippen LogP contribution in [0.5, 0.6) is 5.75 Å². The van der Waals surface area contributed by atoms with E-state index in [0.717, 1.165) is 38.4 Å². The molecule has 1 aliphatic rings. The highest BCUT2D eigenvalue weighted by Gasteiger charge is 2.13. The number of rotatable bonds is 5. The second kappa shape index (κ2) is 7.39. The molecule has 0 bridgehead atoms. The fourth-order valence-electron chi connectivity index (χ4n) is 2.39. The molecule has 1 aromatic carbocycles. The van der Waals surface area contributed by atoms with Gasteiger partial charge in [0.2, 0.25) is 0 Å². The van der Waals surface area contributed by atoms with E-state index in [9.17, 15) is 0 Å². The fraction of sp³-hybridized carbons (Fsp3) is 0.600. The number of ether oxygens (including phenoxy) is 1. The van der Waals surface area contributed by atoms with E-state index in [2.05, 4.69) is 17.1 Å². The first-order valence-corrected chi connectivity index (χ1v) is 6.98. The van der Waals surface area contributed by atoms with Crippen LogP contribution in [0.25, 0.3) is 0 Å². The summed E-state index contributed by atoms with van der Waals surface area (Å²) in [5.74, 6) is 0.975. The minimum absolute atomic E-state index is 0.613. The summed E-state index contributed by atoms with van der Waals surface area (Å²) in [5.41, 5.74) is 0. The normalized spacial score (nSPS) is 21.5. The smallest absolute Gasteiger partial charge is 0.119 e. The van der Waals surface area contributed by atoms with Crippen molar-refractivity contribution in [1.29, 1.82) is 0 Å². The highest BCUT2D eigenvalue weighted by molar-refractivity contribution is 5.20. The van der Waals surface area contributed by atoms with Gasteiger partial charge in [-0.2, -0.15) is 0 Å². The van der Waals surface area contributed by atoms with Crippen molar-refractivity contribution in [2.75, 3.05) is 32.8 Å². The highest BCUT2D eigenvalue weighted by Crippen LogP contribution is 2.09. The van der Waals surface area contributed by atoms with Crippen molar-refractivity contribution in [2.24, 2.45) is 0 Å². The van der Waals surface area contributed by atoms with Crippen molar-refractivity contribution in [3.8, 4) is 5.75 Å². The predicted octanol–water partition coefficient (Wildman–Crippen LogP) is 2.14. The van der Waals surface area contributed by atoms with Crippen molar-refractivity contribution in [3.05, 3.63) is 30.3 Å². The second-order valence-corrected chi connectivity index (χ2v) is 5.02. The number of hydrogen-bond acceptors (Lipinski definition) is 3. The maximum Gasteiger partial charge on any atom is 0.119 e. The van der Waals surface area contributed by atoms with Crippen molar-refractivity contribution in [1.82, 2.24) is 10.2 Å². The molecule has 1 heterocycles. The van der Waals surface area contributed by atoms with Crippen molar-refractivity contribution in [3.63, 3.8) is 0 Å². The Hall–Kier alpha value is -1.06. The quantitative estimate of drug-likeness (QED) is 0.808. The molecule has 2 rings (SSSR count). The van der Waals surface area contributed by atoms with E-state index >= 15 is 0 Å². The third kappa shape index (κ3) is 4.67. The Morgan fingerprint density at radius 1 is 1.33 bits per heavy atom. The lowest BCUT2D eigenvalue weighted by atomic mass is 10.3. The Morgan fingerprint density at radius 2 is 2.17 bits per heavy atom. The molecule has 0 aliphatic carbocycles. The Kier molecular flexibility index (Phi) is 5.49. The van der Waals surface area contributed by atoms with Crippen LogP contribution in [0.3, 0.4) is 0 Å². The molecule has 1 fully saturated rings. The van der Waals surface area contributed by atoms with Crippen LogP contribution < -0.4 is 10.1 Å². The van der Waals surface area contributed by atoms with Crippen LogP contribution in [0.4, 0.5) is 0 Å². The largest absolute Gasteiger partial charge is 0.494 e. The van der Waals surface area contributed by atoms with Crippen LogP contribution in [0.1, 0.15) is 19.8 Å². The molecular weight excluding hydrogens is 224 g/mol. The summed E-state index contributed by atoms with van der Waals surface area (Å²) in [4.78, 5) is 2.54. The summed E-state index contributed by atoms with van der Waals surface area (Å²) in [7, 11) is 0. The van der Waals surface area contributed by atoms with Crippen LogP contribution in [-0.4, -0.2) is 43.7 Å². The first-order valence-electron chi connectivity index (χ1n) is 6.98. The van der Waals surface area contributed by atoms with Gasteiger partial charge in [0.25, 0.3) is 0 Å². The molecule has 1 atom stereocenters. The van der Waals surface area contributed by atoms with Gasteiger partial charge in [-0.15, -0.1) is 0 Å². The zero-order valence-electron chi connectivity index (χ0n) is 11.3. The van der Waals surface area contributed by atoms with Gasteiger partial charge in [0, 0.05) is 19.1 Å². The molecule has 1 saturated heterocycles. The first kappa shape index (κ1) is 13.4. The Labute approximate surface area is 110 Å². The van der Waals surface area contributed by atoms with Gasteiger partial charge in [-0.3, -0.25) is 0 Å². The van der Waals surface area contributed by atoms with E-state index in [1.807, 2.05) is 30.3 Å². The molecule has 3 heteroatoms. The summed E-state index contributed by atoms with van der Waals surface area (Å²) in [6.45, 7) is 7.73. The zero-order valence-corrected chi connectivity index (χ0v) is 11.3. The molecule has 18 heavy (non-hydrogen) atoms. The minimum atomic E-state index is 0.613. The minimum Gasteiger partial charge on any atom is -0.494 e. The molecule has 1 aromatic rings. The Bertz CT molecular complexity index is 329. The van der Waals surface area contributed by atoms with Crippen LogP contribution >= 0.6 is 0 Å². The average Bonchev–Trinajstić information content (AvgIpc) is 2.60. The van der Waals surface area contributed by atoms with Crippen molar-refractivity contribution in [2.45, 2.75) is 25.8 Å². The summed E-state index contributed by atoms with van der Waals surface area (Å²) in [6.07, 6.45) is 2.35. The van der Waals surface area contributed by atoms with Crippen LogP contribution in [0.2, 0.25) is 0 Å². The first-order chi connectivity index (χ1) is 8.84. The number of nitrogens with one attached hydrogen (secondary N) is 1. The summed E-state index contributed by atoms with van der Waals surface area (Å²) >= 11 is 0. The zero-order chi connectivity index (χ0) is 12.6. The van der Waals surface area contributed by atoms with E-state index in [1.54, 1.807) is 0 Å². The number of hydrogen-bond donors (Lipinski definition) is 1. The van der Waals surface area contributed by atoms with Gasteiger partial charge in [0.05, 0.1) is 6.61 Å². The average molecular weight is 248 g/mol. The van der Waals surface area contributed by atoms with E-state index in [1.165, 1.54) is 13.0 Å². The number of nitrogens with zero attached hydrogens (tertiary/aromatic N) is 1. The van der Waals surface area contributed by atoms with Gasteiger partial charge < -0.3 is 15.0 Å². The lowest BCUT2D eigenvalue weighted by Gasteiger charge is -2.22. The third-order valence-electron chi connectivity index (χ3n) is 3.31. The molecule has 1 aliphatic heterocycles. The van der Waals surface area contributed by atoms with E-state index in [0.29, 0.717) is 6.04 Å². The molecular formula is C15H24N2O. The molecule has 0 amide bonds. The van der Waals surface area contributed by atoms with Crippen LogP contribution in [0, 0.1) is 0 Å². The molecule has 0 saturated carbocycles. The van der Waals surface area contributed by atoms with Gasteiger partial charge >= 0.3 is 0 Å². The predicted molar refractivity (Wildman–Crippen MR) is 75.1 cm³/mol. The van der Waals surface area contributed by atoms with Crippen LogP contribution in [0.15, 0.2) is 30.3 Å². The lowest BCUT2D eigenvalue weighted by Crippen LogP contribution is -2.36. The standard InChI is InChI=1S/C15H24N2O/c1-14-13-17(10-5-9-16-14)11-6-12-18-15-7-3-2-4-8-15/h2-4,7-8,14,16H,5-6,9-13H2,1H3. The van der Waals surface area contributed by atoms with E-state index in [-0.39, 0.29) is 0 Å². The summed E-state index contributed by atoms with van der Waals surface area (Å²) in [5, 5.41) is 3.52. The van der Waals surface area contributed by atoms with Gasteiger partial charge in [0.15, 0.2) is 0 Å². The van der Waals surface area contributed by atoms with Crippen molar-refractivity contribution >= 4 is 0 Å². The monoisotopic (exact) mass is 248 g/mol. The SMILES string of the molecule is CC1CN(CCCOc2ccccc2)CCCN1. The van der Waals surface area contributed by atoms with E-state index in [4.69, 9.17) is 4.74 Å². The molecule has 1 N–H and O–H groups in total. The summed E-state index contributed by atoms with van der Waals surface area (Å²) < 4.78 is 5.71.